The van der Waals surface area contributed by atoms with E-state index in [1.165, 1.54) is 13.8 Å². The third-order valence-corrected chi connectivity index (χ3v) is 3.36. The second-order valence-corrected chi connectivity index (χ2v) is 5.32. The molecule has 10 heteroatoms. The van der Waals surface area contributed by atoms with E-state index >= 15 is 0 Å². The van der Waals surface area contributed by atoms with E-state index in [-0.39, 0.29) is 13.2 Å². The number of aliphatic carboxylic acids is 1. The second kappa shape index (κ2) is 10.2. The molecule has 0 spiro atoms. The number of hydrogen-bond donors (Lipinski definition) is 2. The largest absolute Gasteiger partial charge is 0.480 e. The summed E-state index contributed by atoms with van der Waals surface area (Å²) >= 11 is 0. The van der Waals surface area contributed by atoms with Gasteiger partial charge >= 0.3 is 17.9 Å². The Labute approximate surface area is 153 Å². The lowest BCUT2D eigenvalue weighted by atomic mass is 9.95. The number of esters is 2. The summed E-state index contributed by atoms with van der Waals surface area (Å²) in [6.45, 7) is 2.91. The average molecular weight is 387 g/mol. The highest BCUT2D eigenvalue weighted by molar-refractivity contribution is 5.98. The maximum atomic E-state index is 13.3. The smallest absolute Gasteiger partial charge is 0.327 e. The lowest BCUT2D eigenvalue weighted by molar-refractivity contribution is -0.159. The Balaban J connectivity index is 3.11. The summed E-state index contributed by atoms with van der Waals surface area (Å²) in [5.74, 6) is -8.36. The molecule has 148 valence electrons. The molecule has 0 saturated carbocycles. The van der Waals surface area contributed by atoms with Crippen molar-refractivity contribution in [3.63, 3.8) is 0 Å². The highest BCUT2D eigenvalue weighted by Gasteiger charge is 2.38. The minimum Gasteiger partial charge on any atom is -0.480 e. The molecule has 0 unspecified atom stereocenters. The van der Waals surface area contributed by atoms with Crippen molar-refractivity contribution >= 4 is 23.8 Å². The summed E-state index contributed by atoms with van der Waals surface area (Å²) in [5, 5.41) is 11.4. The van der Waals surface area contributed by atoms with Gasteiger partial charge in [0.2, 0.25) is 0 Å². The zero-order chi connectivity index (χ0) is 20.6. The zero-order valence-electron chi connectivity index (χ0n) is 14.7. The number of carbonyl (C=O) groups is 4. The number of hydrogen-bond acceptors (Lipinski definition) is 6. The zero-order valence-corrected chi connectivity index (χ0v) is 14.7. The molecule has 0 aromatic heterocycles. The van der Waals surface area contributed by atoms with Crippen molar-refractivity contribution in [2.75, 3.05) is 13.2 Å². The van der Waals surface area contributed by atoms with Gasteiger partial charge in [-0.3, -0.25) is 14.4 Å². The standard InChI is InChI=1S/C17H19F2NO7/c1-3-26-13(21)8-12(17(25)27-4-2)14(16(23)24)20-15(22)9-5-10(18)7-11(19)6-9/h5-7,12,14H,3-4,8H2,1-2H3,(H,20,22)(H,23,24)/t12-,14+/m0/s1. The fraction of sp³-hybridized carbons (Fsp3) is 0.412. The molecule has 0 aliphatic heterocycles. The topological polar surface area (TPSA) is 119 Å². The van der Waals surface area contributed by atoms with Gasteiger partial charge < -0.3 is 19.9 Å². The van der Waals surface area contributed by atoms with Gasteiger partial charge in [0.1, 0.15) is 17.7 Å². The molecule has 0 aliphatic rings. The molecule has 0 heterocycles. The number of carbonyl (C=O) groups excluding carboxylic acids is 3. The first-order chi connectivity index (χ1) is 12.7. The van der Waals surface area contributed by atoms with E-state index in [2.05, 4.69) is 0 Å². The Morgan fingerprint density at radius 1 is 1.04 bits per heavy atom. The van der Waals surface area contributed by atoms with Gasteiger partial charge in [-0.25, -0.2) is 13.6 Å². The average Bonchev–Trinajstić information content (AvgIpc) is 2.57. The number of carboxylic acid groups (broad SMARTS) is 1. The third kappa shape index (κ3) is 6.65. The van der Waals surface area contributed by atoms with E-state index in [0.29, 0.717) is 18.2 Å². The maximum absolute atomic E-state index is 13.3. The highest BCUT2D eigenvalue weighted by atomic mass is 19.1. The Bertz CT molecular complexity index is 703. The molecule has 1 aromatic rings. The van der Waals surface area contributed by atoms with Crippen molar-refractivity contribution in [1.29, 1.82) is 0 Å². The Kier molecular flexibility index (Phi) is 8.31. The molecule has 0 fully saturated rings. The summed E-state index contributed by atoms with van der Waals surface area (Å²) in [6.07, 6.45) is -0.665. The minimum absolute atomic E-state index is 0.00104. The Morgan fingerprint density at radius 3 is 2.07 bits per heavy atom. The van der Waals surface area contributed by atoms with Crippen LogP contribution in [0.2, 0.25) is 0 Å². The molecule has 1 rings (SSSR count). The van der Waals surface area contributed by atoms with Gasteiger partial charge in [0.05, 0.1) is 25.6 Å². The molecule has 27 heavy (non-hydrogen) atoms. The van der Waals surface area contributed by atoms with Crippen LogP contribution in [-0.2, 0) is 23.9 Å². The van der Waals surface area contributed by atoms with E-state index in [0.717, 1.165) is 0 Å². The third-order valence-electron chi connectivity index (χ3n) is 3.36. The lowest BCUT2D eigenvalue weighted by Gasteiger charge is -2.22. The lowest BCUT2D eigenvalue weighted by Crippen LogP contribution is -2.49. The first kappa shape index (κ1) is 22.0. The molecular formula is C17H19F2NO7. The molecule has 0 radical (unpaired) electrons. The van der Waals surface area contributed by atoms with E-state index in [1.807, 2.05) is 5.32 Å². The summed E-state index contributed by atoms with van der Waals surface area (Å²) in [6, 6.07) is 0.0461. The summed E-state index contributed by atoms with van der Waals surface area (Å²) < 4.78 is 36.0. The number of amides is 1. The number of carboxylic acids is 1. The van der Waals surface area contributed by atoms with Crippen LogP contribution in [0.25, 0.3) is 0 Å². The SMILES string of the molecule is CCOC(=O)C[C@H](C(=O)OCC)[C@@H](NC(=O)c1cc(F)cc(F)c1)C(=O)O. The fourth-order valence-electron chi connectivity index (χ4n) is 2.23. The van der Waals surface area contributed by atoms with Crippen LogP contribution in [0.3, 0.4) is 0 Å². The van der Waals surface area contributed by atoms with Crippen LogP contribution in [0.5, 0.6) is 0 Å². The summed E-state index contributed by atoms with van der Waals surface area (Å²) in [4.78, 5) is 47.5. The normalized spacial score (nSPS) is 12.6. The van der Waals surface area contributed by atoms with Gasteiger partial charge in [-0.2, -0.15) is 0 Å². The Morgan fingerprint density at radius 2 is 1.59 bits per heavy atom. The van der Waals surface area contributed by atoms with Gasteiger partial charge in [0, 0.05) is 11.6 Å². The predicted octanol–water partition coefficient (Wildman–Crippen LogP) is 1.28. The van der Waals surface area contributed by atoms with Crippen LogP contribution >= 0.6 is 0 Å². The monoisotopic (exact) mass is 387 g/mol. The number of rotatable bonds is 9. The second-order valence-electron chi connectivity index (χ2n) is 5.32. The summed E-state index contributed by atoms with van der Waals surface area (Å²) in [7, 11) is 0. The van der Waals surface area contributed by atoms with Crippen LogP contribution in [0.4, 0.5) is 8.78 Å². The van der Waals surface area contributed by atoms with Crippen LogP contribution in [0.15, 0.2) is 18.2 Å². The fourth-order valence-corrected chi connectivity index (χ4v) is 2.23. The van der Waals surface area contributed by atoms with Crippen LogP contribution in [0, 0.1) is 17.6 Å². The molecule has 0 aliphatic carbocycles. The van der Waals surface area contributed by atoms with Gasteiger partial charge in [0.15, 0.2) is 0 Å². The van der Waals surface area contributed by atoms with Crippen molar-refractivity contribution in [1.82, 2.24) is 5.32 Å². The Hall–Kier alpha value is -3.04. The number of benzene rings is 1. The first-order valence-corrected chi connectivity index (χ1v) is 8.01. The molecule has 1 aromatic carbocycles. The van der Waals surface area contributed by atoms with Crippen molar-refractivity contribution in [3.8, 4) is 0 Å². The van der Waals surface area contributed by atoms with Gasteiger partial charge in [-0.05, 0) is 26.0 Å². The molecule has 1 amide bonds. The van der Waals surface area contributed by atoms with Gasteiger partial charge in [0.25, 0.3) is 5.91 Å². The van der Waals surface area contributed by atoms with E-state index in [4.69, 9.17) is 9.47 Å². The molecule has 0 bridgehead atoms. The van der Waals surface area contributed by atoms with Gasteiger partial charge in [-0.1, -0.05) is 0 Å². The molecule has 8 nitrogen and oxygen atoms in total. The number of ether oxygens (including phenoxy) is 2. The number of halogens is 2. The predicted molar refractivity (Wildman–Crippen MR) is 86.6 cm³/mol. The maximum Gasteiger partial charge on any atom is 0.327 e. The van der Waals surface area contributed by atoms with Crippen molar-refractivity contribution in [3.05, 3.63) is 35.4 Å². The van der Waals surface area contributed by atoms with Crippen molar-refractivity contribution < 1.29 is 42.5 Å². The molecule has 2 atom stereocenters. The van der Waals surface area contributed by atoms with E-state index in [9.17, 15) is 33.1 Å². The van der Waals surface area contributed by atoms with E-state index < -0.39 is 59.4 Å². The molecule has 0 saturated heterocycles. The molecule has 2 N–H and O–H groups in total. The van der Waals surface area contributed by atoms with Crippen LogP contribution in [-0.4, -0.2) is 48.2 Å². The highest BCUT2D eigenvalue weighted by Crippen LogP contribution is 2.16. The van der Waals surface area contributed by atoms with Crippen LogP contribution in [0.1, 0.15) is 30.6 Å². The first-order valence-electron chi connectivity index (χ1n) is 8.01. The van der Waals surface area contributed by atoms with Gasteiger partial charge in [-0.15, -0.1) is 0 Å². The van der Waals surface area contributed by atoms with E-state index in [1.54, 1.807) is 0 Å². The number of nitrogens with one attached hydrogen (secondary N) is 1. The van der Waals surface area contributed by atoms with Crippen molar-refractivity contribution in [2.45, 2.75) is 26.3 Å². The minimum atomic E-state index is -1.88. The summed E-state index contributed by atoms with van der Waals surface area (Å²) in [5.41, 5.74) is -0.488. The quantitative estimate of drug-likeness (QED) is 0.613. The van der Waals surface area contributed by atoms with Crippen LogP contribution < -0.4 is 5.32 Å². The van der Waals surface area contributed by atoms with Crippen molar-refractivity contribution in [2.24, 2.45) is 5.92 Å². The molecular weight excluding hydrogens is 368 g/mol.